The maximum atomic E-state index is 10.6. The Morgan fingerprint density at radius 1 is 1.54 bits per heavy atom. The Morgan fingerprint density at radius 2 is 2.31 bits per heavy atom. The van der Waals surface area contributed by atoms with Gasteiger partial charge in [0.1, 0.15) is 5.75 Å². The average molecular weight is 291 g/mol. The molecule has 0 N–H and O–H groups in total. The van der Waals surface area contributed by atoms with E-state index in [9.17, 15) is 10.1 Å². The topological polar surface area (TPSA) is 52.4 Å². The maximum Gasteiger partial charge on any atom is 0.286 e. The van der Waals surface area contributed by atoms with E-state index in [0.29, 0.717) is 15.9 Å². The first-order valence-electron chi connectivity index (χ1n) is 3.78. The van der Waals surface area contributed by atoms with Crippen LogP contribution in [0.4, 0.5) is 5.69 Å². The van der Waals surface area contributed by atoms with Crippen LogP contribution in [0.1, 0.15) is 5.56 Å². The number of ether oxygens (including phenoxy) is 1. The minimum Gasteiger partial charge on any atom is -0.493 e. The van der Waals surface area contributed by atoms with Crippen molar-refractivity contribution >= 4 is 28.3 Å². The van der Waals surface area contributed by atoms with Crippen molar-refractivity contribution < 1.29 is 9.66 Å². The summed E-state index contributed by atoms with van der Waals surface area (Å²) in [5.74, 6) is 0.659. The molecular weight excluding hydrogens is 285 g/mol. The lowest BCUT2D eigenvalue weighted by Crippen LogP contribution is -1.92. The van der Waals surface area contributed by atoms with Gasteiger partial charge in [0.15, 0.2) is 0 Å². The first-order valence-corrected chi connectivity index (χ1v) is 4.86. The van der Waals surface area contributed by atoms with Crippen molar-refractivity contribution in [3.63, 3.8) is 0 Å². The normalized spacial score (nSPS) is 13.6. The van der Waals surface area contributed by atoms with Crippen molar-refractivity contribution in [2.24, 2.45) is 0 Å². The molecule has 1 aliphatic heterocycles. The summed E-state index contributed by atoms with van der Waals surface area (Å²) in [6.45, 7) is 0.632. The second-order valence-corrected chi connectivity index (χ2v) is 3.93. The van der Waals surface area contributed by atoms with Crippen LogP contribution < -0.4 is 4.74 Å². The fraction of sp³-hybridized carbons (Fsp3) is 0.250. The summed E-state index contributed by atoms with van der Waals surface area (Å²) in [4.78, 5) is 10.2. The summed E-state index contributed by atoms with van der Waals surface area (Å²) in [6.07, 6.45) is 0.851. The zero-order chi connectivity index (χ0) is 9.42. The van der Waals surface area contributed by atoms with Gasteiger partial charge in [-0.2, -0.15) is 0 Å². The lowest BCUT2D eigenvalue weighted by atomic mass is 10.1. The first-order chi connectivity index (χ1) is 6.18. The highest BCUT2D eigenvalue weighted by atomic mass is 127. The standard InChI is InChI=1S/C8H6INO3/c9-6-3-5-1-2-13-8(5)4-7(6)10(11)12/h3-4H,1-2H2. The van der Waals surface area contributed by atoms with Gasteiger partial charge in [0.2, 0.25) is 0 Å². The number of nitro benzene ring substituents is 1. The molecule has 0 fully saturated rings. The van der Waals surface area contributed by atoms with E-state index in [-0.39, 0.29) is 10.6 Å². The quantitative estimate of drug-likeness (QED) is 0.452. The molecule has 13 heavy (non-hydrogen) atoms. The van der Waals surface area contributed by atoms with Crippen LogP contribution in [0.25, 0.3) is 0 Å². The van der Waals surface area contributed by atoms with Gasteiger partial charge in [0.05, 0.1) is 21.2 Å². The van der Waals surface area contributed by atoms with Gasteiger partial charge in [-0.25, -0.2) is 0 Å². The van der Waals surface area contributed by atoms with Gasteiger partial charge in [-0.1, -0.05) is 0 Å². The highest BCUT2D eigenvalue weighted by Crippen LogP contribution is 2.33. The zero-order valence-electron chi connectivity index (χ0n) is 6.62. The molecule has 0 saturated carbocycles. The van der Waals surface area contributed by atoms with Crippen molar-refractivity contribution in [1.82, 2.24) is 0 Å². The molecule has 0 unspecified atom stereocenters. The van der Waals surface area contributed by atoms with E-state index < -0.39 is 0 Å². The zero-order valence-corrected chi connectivity index (χ0v) is 8.78. The molecule has 2 rings (SSSR count). The van der Waals surface area contributed by atoms with Crippen LogP contribution in [0.3, 0.4) is 0 Å². The fourth-order valence-electron chi connectivity index (χ4n) is 1.32. The molecule has 5 heteroatoms. The van der Waals surface area contributed by atoms with Crippen molar-refractivity contribution in [3.8, 4) is 5.75 Å². The van der Waals surface area contributed by atoms with E-state index in [1.165, 1.54) is 6.07 Å². The third-order valence-electron chi connectivity index (χ3n) is 1.96. The highest BCUT2D eigenvalue weighted by Gasteiger charge is 2.20. The summed E-state index contributed by atoms with van der Waals surface area (Å²) in [6, 6.07) is 3.32. The summed E-state index contributed by atoms with van der Waals surface area (Å²) < 4.78 is 5.91. The number of rotatable bonds is 1. The number of benzene rings is 1. The number of hydrogen-bond donors (Lipinski definition) is 0. The van der Waals surface area contributed by atoms with Gasteiger partial charge in [-0.15, -0.1) is 0 Å². The molecule has 1 aromatic rings. The van der Waals surface area contributed by atoms with Crippen LogP contribution >= 0.6 is 22.6 Å². The molecule has 68 valence electrons. The van der Waals surface area contributed by atoms with Crippen molar-refractivity contribution in [1.29, 1.82) is 0 Å². The predicted molar refractivity (Wildman–Crippen MR) is 55.0 cm³/mol. The Balaban J connectivity index is 2.55. The molecule has 1 aliphatic rings. The van der Waals surface area contributed by atoms with Crippen molar-refractivity contribution in [2.75, 3.05) is 6.61 Å². The van der Waals surface area contributed by atoms with Crippen LogP contribution in [-0.4, -0.2) is 11.5 Å². The number of nitro groups is 1. The summed E-state index contributed by atoms with van der Waals surface area (Å²) >= 11 is 1.97. The van der Waals surface area contributed by atoms with Gasteiger partial charge >= 0.3 is 0 Å². The molecule has 0 aromatic heterocycles. The second kappa shape index (κ2) is 3.13. The van der Waals surface area contributed by atoms with Gasteiger partial charge in [-0.05, 0) is 34.2 Å². The molecule has 1 heterocycles. The van der Waals surface area contributed by atoms with E-state index in [4.69, 9.17) is 4.74 Å². The largest absolute Gasteiger partial charge is 0.493 e. The molecule has 0 spiro atoms. The Kier molecular flexibility index (Phi) is 2.10. The van der Waals surface area contributed by atoms with Crippen LogP contribution in [0.15, 0.2) is 12.1 Å². The average Bonchev–Trinajstić information content (AvgIpc) is 2.48. The smallest absolute Gasteiger partial charge is 0.286 e. The van der Waals surface area contributed by atoms with Crippen LogP contribution in [0.2, 0.25) is 0 Å². The third-order valence-corrected chi connectivity index (χ3v) is 2.82. The minimum atomic E-state index is -0.385. The fourth-order valence-corrected chi connectivity index (χ4v) is 2.05. The maximum absolute atomic E-state index is 10.6. The molecule has 0 aliphatic carbocycles. The van der Waals surface area contributed by atoms with Crippen LogP contribution in [0.5, 0.6) is 5.75 Å². The molecule has 0 radical (unpaired) electrons. The molecule has 0 bridgehead atoms. The third kappa shape index (κ3) is 1.48. The SMILES string of the molecule is O=[N+]([O-])c1cc2c(cc1I)CCO2. The Bertz CT molecular complexity index is 378. The first kappa shape index (κ1) is 8.74. The number of nitrogens with zero attached hydrogens (tertiary/aromatic N) is 1. The van der Waals surface area contributed by atoms with E-state index in [1.807, 2.05) is 28.7 Å². The van der Waals surface area contributed by atoms with Crippen molar-refractivity contribution in [2.45, 2.75) is 6.42 Å². The van der Waals surface area contributed by atoms with E-state index in [1.54, 1.807) is 0 Å². The molecule has 0 saturated heterocycles. The number of halogens is 1. The summed E-state index contributed by atoms with van der Waals surface area (Å²) in [5, 5.41) is 10.6. The molecule has 4 nitrogen and oxygen atoms in total. The molecule has 1 aromatic carbocycles. The highest BCUT2D eigenvalue weighted by molar-refractivity contribution is 14.1. The summed E-state index contributed by atoms with van der Waals surface area (Å²) in [5.41, 5.74) is 1.19. The number of hydrogen-bond acceptors (Lipinski definition) is 3. The van der Waals surface area contributed by atoms with E-state index in [0.717, 1.165) is 12.0 Å². The lowest BCUT2D eigenvalue weighted by Gasteiger charge is -2.00. The van der Waals surface area contributed by atoms with Gasteiger partial charge in [0.25, 0.3) is 5.69 Å². The van der Waals surface area contributed by atoms with Crippen LogP contribution in [-0.2, 0) is 6.42 Å². The minimum absolute atomic E-state index is 0.126. The van der Waals surface area contributed by atoms with Gasteiger partial charge in [-0.3, -0.25) is 10.1 Å². The Hall–Kier alpha value is -0.850. The van der Waals surface area contributed by atoms with Crippen molar-refractivity contribution in [3.05, 3.63) is 31.4 Å². The molecule has 0 amide bonds. The van der Waals surface area contributed by atoms with Gasteiger partial charge in [0, 0.05) is 6.42 Å². The number of fused-ring (bicyclic) bond motifs is 1. The Labute approximate surface area is 88.2 Å². The molecular formula is C8H6INO3. The Morgan fingerprint density at radius 3 is 3.00 bits per heavy atom. The van der Waals surface area contributed by atoms with E-state index in [2.05, 4.69) is 0 Å². The van der Waals surface area contributed by atoms with Gasteiger partial charge < -0.3 is 4.74 Å². The summed E-state index contributed by atoms with van der Waals surface area (Å²) in [7, 11) is 0. The molecule has 0 atom stereocenters. The monoisotopic (exact) mass is 291 g/mol. The second-order valence-electron chi connectivity index (χ2n) is 2.77. The lowest BCUT2D eigenvalue weighted by molar-refractivity contribution is -0.385. The van der Waals surface area contributed by atoms with Crippen LogP contribution in [0, 0.1) is 13.7 Å². The van der Waals surface area contributed by atoms with E-state index >= 15 is 0 Å². The predicted octanol–water partition coefficient (Wildman–Crippen LogP) is 2.13.